The van der Waals surface area contributed by atoms with Crippen LogP contribution in [0.25, 0.3) is 0 Å². The molecular formula is C20H14ClN3O. The predicted octanol–water partition coefficient (Wildman–Crippen LogP) is 5.21. The van der Waals surface area contributed by atoms with E-state index >= 15 is 0 Å². The lowest BCUT2D eigenvalue weighted by atomic mass is 10.2. The van der Waals surface area contributed by atoms with E-state index in [0.717, 1.165) is 11.4 Å². The molecule has 0 saturated heterocycles. The molecule has 0 aliphatic heterocycles. The largest absolute Gasteiger partial charge is 0.355 e. The summed E-state index contributed by atoms with van der Waals surface area (Å²) in [6, 6.07) is 23.5. The Morgan fingerprint density at radius 2 is 1.60 bits per heavy atom. The molecule has 2 N–H and O–H groups in total. The second-order valence-electron chi connectivity index (χ2n) is 5.33. The van der Waals surface area contributed by atoms with E-state index < -0.39 is 0 Å². The summed E-state index contributed by atoms with van der Waals surface area (Å²) in [4.78, 5) is 12.2. The summed E-state index contributed by atoms with van der Waals surface area (Å²) in [5.41, 5.74) is 3.37. The van der Waals surface area contributed by atoms with Crippen molar-refractivity contribution < 1.29 is 4.79 Å². The Hall–Kier alpha value is -3.29. The van der Waals surface area contributed by atoms with Crippen LogP contribution in [0.2, 0.25) is 5.02 Å². The number of nitrogens with zero attached hydrogens (tertiary/aromatic N) is 1. The van der Waals surface area contributed by atoms with Gasteiger partial charge in [0.2, 0.25) is 0 Å². The number of anilines is 3. The highest BCUT2D eigenvalue weighted by Crippen LogP contribution is 2.21. The number of hydrogen-bond acceptors (Lipinski definition) is 3. The minimum absolute atomic E-state index is 0.256. The highest BCUT2D eigenvalue weighted by molar-refractivity contribution is 6.34. The van der Waals surface area contributed by atoms with E-state index in [1.165, 1.54) is 0 Å². The standard InChI is InChI=1S/C20H14ClN3O/c21-19-7-2-1-6-18(19)20(25)24-16-10-8-15(9-11-16)23-17-5-3-4-14(12-17)13-22/h1-12,23H,(H,24,25). The molecule has 5 heteroatoms. The van der Waals surface area contributed by atoms with Crippen LogP contribution in [0.15, 0.2) is 72.8 Å². The maximum atomic E-state index is 12.2. The fraction of sp³-hybridized carbons (Fsp3) is 0. The third-order valence-electron chi connectivity index (χ3n) is 3.54. The van der Waals surface area contributed by atoms with Gasteiger partial charge in [0.1, 0.15) is 0 Å². The van der Waals surface area contributed by atoms with E-state index in [2.05, 4.69) is 16.7 Å². The molecule has 25 heavy (non-hydrogen) atoms. The van der Waals surface area contributed by atoms with Crippen molar-refractivity contribution in [3.63, 3.8) is 0 Å². The summed E-state index contributed by atoms with van der Waals surface area (Å²) in [6.07, 6.45) is 0. The van der Waals surface area contributed by atoms with E-state index in [9.17, 15) is 4.79 Å². The first-order chi connectivity index (χ1) is 12.2. The molecule has 122 valence electrons. The highest BCUT2D eigenvalue weighted by Gasteiger charge is 2.09. The summed E-state index contributed by atoms with van der Waals surface area (Å²) in [6.45, 7) is 0. The van der Waals surface area contributed by atoms with Crippen molar-refractivity contribution >= 4 is 34.6 Å². The first-order valence-corrected chi connectivity index (χ1v) is 7.96. The van der Waals surface area contributed by atoms with E-state index in [1.54, 1.807) is 48.5 Å². The molecule has 0 aliphatic carbocycles. The average molecular weight is 348 g/mol. The first kappa shape index (κ1) is 16.6. The van der Waals surface area contributed by atoms with Gasteiger partial charge in [-0.25, -0.2) is 0 Å². The summed E-state index contributed by atoms with van der Waals surface area (Å²) in [5.74, 6) is -0.256. The van der Waals surface area contributed by atoms with Crippen LogP contribution in [0.1, 0.15) is 15.9 Å². The number of carbonyl (C=O) groups is 1. The van der Waals surface area contributed by atoms with Crippen molar-refractivity contribution in [2.24, 2.45) is 0 Å². The van der Waals surface area contributed by atoms with Gasteiger partial charge in [-0.15, -0.1) is 0 Å². The lowest BCUT2D eigenvalue weighted by Gasteiger charge is -2.09. The zero-order chi connectivity index (χ0) is 17.6. The van der Waals surface area contributed by atoms with Crippen molar-refractivity contribution in [1.29, 1.82) is 5.26 Å². The monoisotopic (exact) mass is 347 g/mol. The second-order valence-corrected chi connectivity index (χ2v) is 5.74. The van der Waals surface area contributed by atoms with Crippen LogP contribution in [-0.2, 0) is 0 Å². The molecule has 0 heterocycles. The minimum atomic E-state index is -0.256. The Bertz CT molecular complexity index is 946. The summed E-state index contributed by atoms with van der Waals surface area (Å²) >= 11 is 6.03. The quantitative estimate of drug-likeness (QED) is 0.681. The number of amides is 1. The molecule has 3 rings (SSSR count). The van der Waals surface area contributed by atoms with E-state index in [4.69, 9.17) is 16.9 Å². The zero-order valence-corrected chi connectivity index (χ0v) is 13.9. The topological polar surface area (TPSA) is 64.9 Å². The van der Waals surface area contributed by atoms with Gasteiger partial charge in [0.25, 0.3) is 5.91 Å². The molecule has 0 aliphatic rings. The normalized spacial score (nSPS) is 9.92. The van der Waals surface area contributed by atoms with Gasteiger partial charge < -0.3 is 10.6 Å². The number of halogens is 1. The SMILES string of the molecule is N#Cc1cccc(Nc2ccc(NC(=O)c3ccccc3Cl)cc2)c1. The van der Waals surface area contributed by atoms with Crippen LogP contribution in [0.3, 0.4) is 0 Å². The molecule has 0 saturated carbocycles. The lowest BCUT2D eigenvalue weighted by Crippen LogP contribution is -2.12. The zero-order valence-electron chi connectivity index (χ0n) is 13.2. The number of nitrogens with one attached hydrogen (secondary N) is 2. The molecule has 0 aromatic heterocycles. The molecule has 0 atom stereocenters. The lowest BCUT2D eigenvalue weighted by molar-refractivity contribution is 0.102. The Morgan fingerprint density at radius 1 is 0.880 bits per heavy atom. The maximum absolute atomic E-state index is 12.2. The molecule has 3 aromatic carbocycles. The molecule has 0 fully saturated rings. The van der Waals surface area contributed by atoms with Crippen molar-refractivity contribution in [3.8, 4) is 6.07 Å². The third kappa shape index (κ3) is 4.17. The van der Waals surface area contributed by atoms with Gasteiger partial charge in [-0.3, -0.25) is 4.79 Å². The maximum Gasteiger partial charge on any atom is 0.257 e. The first-order valence-electron chi connectivity index (χ1n) is 7.59. The van der Waals surface area contributed by atoms with E-state index in [0.29, 0.717) is 21.8 Å². The van der Waals surface area contributed by atoms with Gasteiger partial charge in [-0.1, -0.05) is 29.8 Å². The van der Waals surface area contributed by atoms with Crippen LogP contribution >= 0.6 is 11.6 Å². The molecule has 0 spiro atoms. The third-order valence-corrected chi connectivity index (χ3v) is 3.87. The Kier molecular flexibility index (Phi) is 4.98. The molecule has 0 radical (unpaired) electrons. The molecule has 3 aromatic rings. The molecule has 0 unspecified atom stereocenters. The molecule has 1 amide bonds. The number of benzene rings is 3. The van der Waals surface area contributed by atoms with Crippen molar-refractivity contribution in [2.45, 2.75) is 0 Å². The Balaban J connectivity index is 1.69. The van der Waals surface area contributed by atoms with Crippen LogP contribution < -0.4 is 10.6 Å². The number of rotatable bonds is 4. The van der Waals surface area contributed by atoms with Gasteiger partial charge in [-0.05, 0) is 54.6 Å². The predicted molar refractivity (Wildman–Crippen MR) is 100 cm³/mol. The van der Waals surface area contributed by atoms with E-state index in [-0.39, 0.29) is 5.91 Å². The van der Waals surface area contributed by atoms with Crippen LogP contribution in [0, 0.1) is 11.3 Å². The van der Waals surface area contributed by atoms with Crippen LogP contribution in [0.5, 0.6) is 0 Å². The van der Waals surface area contributed by atoms with Gasteiger partial charge in [0.05, 0.1) is 22.2 Å². The summed E-state index contributed by atoms with van der Waals surface area (Å²) in [5, 5.41) is 15.4. The highest BCUT2D eigenvalue weighted by atomic mass is 35.5. The van der Waals surface area contributed by atoms with Gasteiger partial charge in [0, 0.05) is 17.1 Å². The van der Waals surface area contributed by atoms with Crippen LogP contribution in [-0.4, -0.2) is 5.91 Å². The van der Waals surface area contributed by atoms with Crippen molar-refractivity contribution in [2.75, 3.05) is 10.6 Å². The fourth-order valence-corrected chi connectivity index (χ4v) is 2.54. The molecular weight excluding hydrogens is 334 g/mol. The van der Waals surface area contributed by atoms with Gasteiger partial charge in [-0.2, -0.15) is 5.26 Å². The fourth-order valence-electron chi connectivity index (χ4n) is 2.31. The Morgan fingerprint density at radius 3 is 2.32 bits per heavy atom. The number of carbonyl (C=O) groups excluding carboxylic acids is 1. The number of hydrogen-bond donors (Lipinski definition) is 2. The minimum Gasteiger partial charge on any atom is -0.355 e. The van der Waals surface area contributed by atoms with Gasteiger partial charge >= 0.3 is 0 Å². The Labute approximate surface area is 150 Å². The van der Waals surface area contributed by atoms with Crippen molar-refractivity contribution in [1.82, 2.24) is 0 Å². The smallest absolute Gasteiger partial charge is 0.257 e. The summed E-state index contributed by atoms with van der Waals surface area (Å²) in [7, 11) is 0. The molecule has 4 nitrogen and oxygen atoms in total. The van der Waals surface area contributed by atoms with Gasteiger partial charge in [0.15, 0.2) is 0 Å². The van der Waals surface area contributed by atoms with E-state index in [1.807, 2.05) is 24.3 Å². The summed E-state index contributed by atoms with van der Waals surface area (Å²) < 4.78 is 0. The van der Waals surface area contributed by atoms with Crippen molar-refractivity contribution in [3.05, 3.63) is 88.9 Å². The second kappa shape index (κ2) is 7.52. The average Bonchev–Trinajstić information content (AvgIpc) is 2.64. The number of nitriles is 1. The van der Waals surface area contributed by atoms with Crippen LogP contribution in [0.4, 0.5) is 17.1 Å². The molecule has 0 bridgehead atoms.